The van der Waals surface area contributed by atoms with Crippen LogP contribution in [0.3, 0.4) is 0 Å². The quantitative estimate of drug-likeness (QED) is 0.516. The molecule has 0 saturated carbocycles. The number of nitrogens with zero attached hydrogens (tertiary/aromatic N) is 2. The lowest BCUT2D eigenvalue weighted by atomic mass is 9.98. The SMILES string of the molecule is CCOC(=O)Cc1ccccc1OCc1cc2c(c(-c3ccnc(C#N)c3F)c1)OCC2. The average Bonchev–Trinajstić information content (AvgIpc) is 3.27. The molecule has 0 N–H and O–H groups in total. The monoisotopic (exact) mass is 432 g/mol. The number of hydrogen-bond acceptors (Lipinski definition) is 6. The number of esters is 1. The number of halogens is 1. The summed E-state index contributed by atoms with van der Waals surface area (Å²) in [5, 5.41) is 9.13. The van der Waals surface area contributed by atoms with Crippen LogP contribution in [0.4, 0.5) is 4.39 Å². The van der Waals surface area contributed by atoms with E-state index in [1.807, 2.05) is 24.3 Å². The van der Waals surface area contributed by atoms with Gasteiger partial charge in [0.1, 0.15) is 24.2 Å². The summed E-state index contributed by atoms with van der Waals surface area (Å²) in [7, 11) is 0. The lowest BCUT2D eigenvalue weighted by Crippen LogP contribution is -2.09. The number of benzene rings is 2. The van der Waals surface area contributed by atoms with Crippen LogP contribution < -0.4 is 9.47 Å². The first kappa shape index (κ1) is 21.3. The van der Waals surface area contributed by atoms with E-state index in [9.17, 15) is 9.18 Å². The van der Waals surface area contributed by atoms with Gasteiger partial charge in [0.25, 0.3) is 0 Å². The second-order valence-electron chi connectivity index (χ2n) is 7.24. The molecule has 0 fully saturated rings. The van der Waals surface area contributed by atoms with Gasteiger partial charge in [-0.2, -0.15) is 5.26 Å². The third-order valence-electron chi connectivity index (χ3n) is 5.14. The van der Waals surface area contributed by atoms with Crippen LogP contribution in [0, 0.1) is 17.1 Å². The molecule has 0 spiro atoms. The summed E-state index contributed by atoms with van der Waals surface area (Å²) in [6.07, 6.45) is 2.23. The molecule has 162 valence electrons. The molecule has 0 atom stereocenters. The lowest BCUT2D eigenvalue weighted by Gasteiger charge is -2.14. The first-order valence-corrected chi connectivity index (χ1v) is 10.3. The van der Waals surface area contributed by atoms with E-state index in [2.05, 4.69) is 4.98 Å². The van der Waals surface area contributed by atoms with Crippen molar-refractivity contribution >= 4 is 5.97 Å². The van der Waals surface area contributed by atoms with Crippen molar-refractivity contribution in [2.75, 3.05) is 13.2 Å². The van der Waals surface area contributed by atoms with E-state index in [0.29, 0.717) is 36.7 Å². The Hall–Kier alpha value is -3.92. The van der Waals surface area contributed by atoms with Crippen LogP contribution in [0.1, 0.15) is 29.3 Å². The number of para-hydroxylation sites is 1. The molecule has 7 heteroatoms. The minimum absolute atomic E-state index is 0.118. The van der Waals surface area contributed by atoms with E-state index in [1.54, 1.807) is 25.1 Å². The van der Waals surface area contributed by atoms with Crippen molar-refractivity contribution in [3.05, 3.63) is 76.9 Å². The summed E-state index contributed by atoms with van der Waals surface area (Å²) in [4.78, 5) is 15.7. The highest BCUT2D eigenvalue weighted by molar-refractivity contribution is 5.75. The van der Waals surface area contributed by atoms with E-state index in [-0.39, 0.29) is 30.3 Å². The van der Waals surface area contributed by atoms with E-state index in [0.717, 1.165) is 16.7 Å². The summed E-state index contributed by atoms with van der Waals surface area (Å²) in [5.74, 6) is 0.207. The molecule has 6 nitrogen and oxygen atoms in total. The van der Waals surface area contributed by atoms with Gasteiger partial charge in [0.2, 0.25) is 0 Å². The van der Waals surface area contributed by atoms with Crippen LogP contribution >= 0.6 is 0 Å². The largest absolute Gasteiger partial charge is 0.492 e. The van der Waals surface area contributed by atoms with Gasteiger partial charge in [-0.05, 0) is 42.3 Å². The number of hydrogen-bond donors (Lipinski definition) is 0. The first-order chi connectivity index (χ1) is 15.6. The number of aromatic nitrogens is 1. The topological polar surface area (TPSA) is 81.4 Å². The minimum atomic E-state index is -0.675. The van der Waals surface area contributed by atoms with Crippen LogP contribution in [-0.2, 0) is 29.0 Å². The molecule has 2 heterocycles. The summed E-state index contributed by atoms with van der Waals surface area (Å²) in [5.41, 5.74) is 3.08. The van der Waals surface area contributed by atoms with Crippen LogP contribution in [0.25, 0.3) is 11.1 Å². The maximum Gasteiger partial charge on any atom is 0.310 e. The zero-order chi connectivity index (χ0) is 22.5. The number of carbonyl (C=O) groups is 1. The maximum absolute atomic E-state index is 14.8. The average molecular weight is 432 g/mol. The molecule has 0 unspecified atom stereocenters. The Kier molecular flexibility index (Phi) is 6.31. The van der Waals surface area contributed by atoms with Crippen molar-refractivity contribution in [1.82, 2.24) is 4.98 Å². The zero-order valence-corrected chi connectivity index (χ0v) is 17.6. The molecule has 0 amide bonds. The molecule has 32 heavy (non-hydrogen) atoms. The van der Waals surface area contributed by atoms with Gasteiger partial charge in [-0.25, -0.2) is 9.37 Å². The number of rotatable bonds is 7. The second kappa shape index (κ2) is 9.48. The first-order valence-electron chi connectivity index (χ1n) is 10.3. The third kappa shape index (κ3) is 4.40. The van der Waals surface area contributed by atoms with Gasteiger partial charge in [-0.15, -0.1) is 0 Å². The number of ether oxygens (including phenoxy) is 3. The molecule has 1 aliphatic heterocycles. The van der Waals surface area contributed by atoms with Crippen molar-refractivity contribution in [1.29, 1.82) is 5.26 Å². The van der Waals surface area contributed by atoms with Crippen LogP contribution in [0.5, 0.6) is 11.5 Å². The molecule has 0 aliphatic carbocycles. The summed E-state index contributed by atoms with van der Waals surface area (Å²) < 4.78 is 31.6. The van der Waals surface area contributed by atoms with Crippen molar-refractivity contribution in [3.63, 3.8) is 0 Å². The van der Waals surface area contributed by atoms with Crippen molar-refractivity contribution in [2.24, 2.45) is 0 Å². The van der Waals surface area contributed by atoms with Gasteiger partial charge >= 0.3 is 5.97 Å². The lowest BCUT2D eigenvalue weighted by molar-refractivity contribution is -0.142. The Morgan fingerprint density at radius 1 is 1.25 bits per heavy atom. The molecule has 0 saturated heterocycles. The highest BCUT2D eigenvalue weighted by Gasteiger charge is 2.22. The van der Waals surface area contributed by atoms with Gasteiger partial charge in [0.05, 0.1) is 19.6 Å². The highest BCUT2D eigenvalue weighted by Crippen LogP contribution is 2.39. The van der Waals surface area contributed by atoms with Gasteiger partial charge in [0.15, 0.2) is 11.5 Å². The van der Waals surface area contributed by atoms with Crippen molar-refractivity contribution in [2.45, 2.75) is 26.4 Å². The minimum Gasteiger partial charge on any atom is -0.492 e. The summed E-state index contributed by atoms with van der Waals surface area (Å²) in [6, 6.07) is 14.4. The maximum atomic E-state index is 14.8. The Morgan fingerprint density at radius 2 is 2.09 bits per heavy atom. The third-order valence-corrected chi connectivity index (χ3v) is 5.14. The fourth-order valence-corrected chi connectivity index (χ4v) is 3.71. The molecule has 1 aliphatic rings. The molecule has 0 radical (unpaired) electrons. The highest BCUT2D eigenvalue weighted by atomic mass is 19.1. The van der Waals surface area contributed by atoms with Gasteiger partial charge in [-0.3, -0.25) is 4.79 Å². The van der Waals surface area contributed by atoms with Crippen molar-refractivity contribution < 1.29 is 23.4 Å². The molecule has 0 bridgehead atoms. The molecular weight excluding hydrogens is 411 g/mol. The van der Waals surface area contributed by atoms with E-state index >= 15 is 0 Å². The van der Waals surface area contributed by atoms with E-state index < -0.39 is 5.82 Å². The second-order valence-corrected chi connectivity index (χ2v) is 7.24. The Morgan fingerprint density at radius 3 is 2.91 bits per heavy atom. The summed E-state index contributed by atoms with van der Waals surface area (Å²) >= 11 is 0. The van der Waals surface area contributed by atoms with E-state index in [1.165, 1.54) is 12.3 Å². The number of pyridine rings is 1. The van der Waals surface area contributed by atoms with Gasteiger partial charge < -0.3 is 14.2 Å². The number of nitriles is 1. The van der Waals surface area contributed by atoms with Gasteiger partial charge in [-0.1, -0.05) is 18.2 Å². The Balaban J connectivity index is 1.63. The van der Waals surface area contributed by atoms with Crippen LogP contribution in [-0.4, -0.2) is 24.2 Å². The predicted octanol–water partition coefficient (Wildman–Crippen LogP) is 4.38. The molecule has 1 aromatic heterocycles. The molecule has 3 aromatic rings. The van der Waals surface area contributed by atoms with Crippen molar-refractivity contribution in [3.8, 4) is 28.7 Å². The van der Waals surface area contributed by atoms with Gasteiger partial charge in [0, 0.05) is 29.3 Å². The predicted molar refractivity (Wildman–Crippen MR) is 115 cm³/mol. The normalized spacial score (nSPS) is 11.9. The van der Waals surface area contributed by atoms with Crippen LogP contribution in [0.15, 0.2) is 48.7 Å². The Labute approximate surface area is 185 Å². The summed E-state index contributed by atoms with van der Waals surface area (Å²) in [6.45, 7) is 2.81. The fraction of sp³-hybridized carbons (Fsp3) is 0.240. The molecular formula is C25H21FN2O4. The zero-order valence-electron chi connectivity index (χ0n) is 17.6. The number of carbonyl (C=O) groups excluding carboxylic acids is 1. The smallest absolute Gasteiger partial charge is 0.310 e. The van der Waals surface area contributed by atoms with E-state index in [4.69, 9.17) is 19.5 Å². The van der Waals surface area contributed by atoms with Crippen LogP contribution in [0.2, 0.25) is 0 Å². The number of fused-ring (bicyclic) bond motifs is 1. The Bertz CT molecular complexity index is 1200. The molecule has 4 rings (SSSR count). The fourth-order valence-electron chi connectivity index (χ4n) is 3.71. The standard InChI is InChI=1S/C25H21FN2O4/c1-2-30-23(29)13-17-5-3-4-6-22(17)32-15-16-11-18-8-10-31-25(18)20(12-16)19-7-9-28-21(14-27)24(19)26/h3-7,9,11-12H,2,8,10,13,15H2,1H3. The molecule has 2 aromatic carbocycles.